The van der Waals surface area contributed by atoms with E-state index in [2.05, 4.69) is 10.00 Å². The molecule has 2 aromatic heterocycles. The van der Waals surface area contributed by atoms with E-state index < -0.39 is 0 Å². The van der Waals surface area contributed by atoms with Crippen LogP contribution in [-0.4, -0.2) is 59.4 Å². The molecule has 0 fully saturated rings. The number of hydrogen-bond donors (Lipinski definition) is 0. The number of fused-ring (bicyclic) bond motifs is 1. The number of carbonyl (C=O) groups excluding carboxylic acids is 1. The highest BCUT2D eigenvalue weighted by Gasteiger charge is 2.25. The Morgan fingerprint density at radius 2 is 1.88 bits per heavy atom. The van der Waals surface area contributed by atoms with Crippen LogP contribution in [0, 0.1) is 6.92 Å². The lowest BCUT2D eigenvalue weighted by Crippen LogP contribution is -2.37. The SMILES string of the molecule is CCOc1cccc2sc(N(CCN(C)C)C(=O)c3cnn(-c4ccccc4)c3C)nc12. The minimum atomic E-state index is -0.108. The summed E-state index contributed by atoms with van der Waals surface area (Å²) in [7, 11) is 3.99. The first-order valence-electron chi connectivity index (χ1n) is 10.6. The van der Waals surface area contributed by atoms with Crippen LogP contribution >= 0.6 is 11.3 Å². The molecule has 4 rings (SSSR count). The van der Waals surface area contributed by atoms with Crippen LogP contribution in [0.25, 0.3) is 15.9 Å². The van der Waals surface area contributed by atoms with Gasteiger partial charge >= 0.3 is 0 Å². The molecule has 8 heteroatoms. The van der Waals surface area contributed by atoms with Gasteiger partial charge in [0.05, 0.1) is 34.4 Å². The first-order valence-corrected chi connectivity index (χ1v) is 11.4. The number of amides is 1. The van der Waals surface area contributed by atoms with Gasteiger partial charge in [0.1, 0.15) is 11.3 Å². The van der Waals surface area contributed by atoms with Gasteiger partial charge < -0.3 is 9.64 Å². The van der Waals surface area contributed by atoms with E-state index in [1.54, 1.807) is 15.8 Å². The van der Waals surface area contributed by atoms with Crippen molar-refractivity contribution < 1.29 is 9.53 Å². The Kier molecular flexibility index (Phi) is 6.53. The predicted molar refractivity (Wildman–Crippen MR) is 129 cm³/mol. The van der Waals surface area contributed by atoms with Crippen molar-refractivity contribution in [2.75, 3.05) is 38.7 Å². The lowest BCUT2D eigenvalue weighted by Gasteiger charge is -2.21. The third-order valence-corrected chi connectivity index (χ3v) is 6.20. The summed E-state index contributed by atoms with van der Waals surface area (Å²) in [5.74, 6) is 0.629. The Bertz CT molecular complexity index is 1220. The standard InChI is InChI=1S/C24H27N5O2S/c1-5-31-20-12-9-13-21-22(20)26-24(32-21)28(15-14-27(3)4)23(30)19-16-25-29(17(19)2)18-10-7-6-8-11-18/h6-13,16H,5,14-15H2,1-4H3. The molecule has 0 atom stereocenters. The Hall–Kier alpha value is -3.23. The minimum absolute atomic E-state index is 0.108. The number of anilines is 1. The smallest absolute Gasteiger partial charge is 0.263 e. The number of aromatic nitrogens is 3. The van der Waals surface area contributed by atoms with Crippen molar-refractivity contribution in [1.82, 2.24) is 19.7 Å². The summed E-state index contributed by atoms with van der Waals surface area (Å²) in [4.78, 5) is 22.3. The first-order chi connectivity index (χ1) is 15.5. The molecule has 7 nitrogen and oxygen atoms in total. The van der Waals surface area contributed by atoms with Crippen molar-refractivity contribution in [2.24, 2.45) is 0 Å². The summed E-state index contributed by atoms with van der Waals surface area (Å²) in [5.41, 5.74) is 3.07. The number of hydrogen-bond acceptors (Lipinski definition) is 6. The number of nitrogens with zero attached hydrogens (tertiary/aromatic N) is 5. The Balaban J connectivity index is 1.73. The van der Waals surface area contributed by atoms with Gasteiger partial charge in [0.15, 0.2) is 5.13 Å². The summed E-state index contributed by atoms with van der Waals surface area (Å²) in [6.07, 6.45) is 1.65. The second-order valence-electron chi connectivity index (χ2n) is 7.68. The topological polar surface area (TPSA) is 63.5 Å². The van der Waals surface area contributed by atoms with E-state index in [-0.39, 0.29) is 5.91 Å². The van der Waals surface area contributed by atoms with E-state index in [1.165, 1.54) is 11.3 Å². The fourth-order valence-corrected chi connectivity index (χ4v) is 4.49. The molecule has 2 aromatic carbocycles. The molecule has 0 radical (unpaired) electrons. The third-order valence-electron chi connectivity index (χ3n) is 5.16. The molecule has 4 aromatic rings. The van der Waals surface area contributed by atoms with Gasteiger partial charge in [-0.15, -0.1) is 0 Å². The molecule has 0 N–H and O–H groups in total. The average Bonchev–Trinajstić information content (AvgIpc) is 3.38. The van der Waals surface area contributed by atoms with Crippen LogP contribution in [-0.2, 0) is 0 Å². The van der Waals surface area contributed by atoms with Crippen molar-refractivity contribution in [3.63, 3.8) is 0 Å². The molecule has 0 unspecified atom stereocenters. The van der Waals surface area contributed by atoms with Crippen molar-refractivity contribution in [1.29, 1.82) is 0 Å². The predicted octanol–water partition coefficient (Wildman–Crippen LogP) is 4.40. The van der Waals surface area contributed by atoms with Gasteiger partial charge in [-0.1, -0.05) is 35.6 Å². The third kappa shape index (κ3) is 4.37. The quantitative estimate of drug-likeness (QED) is 0.399. The number of benzene rings is 2. The van der Waals surface area contributed by atoms with Crippen molar-refractivity contribution in [3.05, 3.63) is 66.0 Å². The van der Waals surface area contributed by atoms with Gasteiger partial charge in [-0.2, -0.15) is 5.10 Å². The molecule has 0 aliphatic carbocycles. The van der Waals surface area contributed by atoms with E-state index in [0.29, 0.717) is 30.4 Å². The number of ether oxygens (including phenoxy) is 1. The molecule has 1 amide bonds. The number of thiazole rings is 1. The van der Waals surface area contributed by atoms with Crippen LogP contribution in [0.15, 0.2) is 54.7 Å². The van der Waals surface area contributed by atoms with Gasteiger partial charge in [-0.05, 0) is 52.2 Å². The van der Waals surface area contributed by atoms with Crippen LogP contribution in [0.5, 0.6) is 5.75 Å². The monoisotopic (exact) mass is 449 g/mol. The fraction of sp³-hybridized carbons (Fsp3) is 0.292. The number of likely N-dealkylation sites (N-methyl/N-ethyl adjacent to an activating group) is 1. The summed E-state index contributed by atoms with van der Waals surface area (Å²) in [5, 5.41) is 5.14. The van der Waals surface area contributed by atoms with E-state index >= 15 is 0 Å². The maximum Gasteiger partial charge on any atom is 0.263 e. The van der Waals surface area contributed by atoms with Crippen LogP contribution in [0.4, 0.5) is 5.13 Å². The molecule has 0 saturated heterocycles. The fourth-order valence-electron chi connectivity index (χ4n) is 3.48. The van der Waals surface area contributed by atoms with E-state index in [1.807, 2.05) is 76.5 Å². The highest BCUT2D eigenvalue weighted by Crippen LogP contribution is 2.35. The molecular formula is C24H27N5O2S. The van der Waals surface area contributed by atoms with Crippen molar-refractivity contribution in [2.45, 2.75) is 13.8 Å². The zero-order valence-electron chi connectivity index (χ0n) is 18.8. The molecule has 0 saturated carbocycles. The van der Waals surface area contributed by atoms with E-state index in [9.17, 15) is 4.79 Å². The highest BCUT2D eigenvalue weighted by molar-refractivity contribution is 7.22. The zero-order valence-corrected chi connectivity index (χ0v) is 19.6. The second-order valence-corrected chi connectivity index (χ2v) is 8.69. The molecular weight excluding hydrogens is 422 g/mol. The highest BCUT2D eigenvalue weighted by atomic mass is 32.1. The number of para-hydroxylation sites is 2. The molecule has 32 heavy (non-hydrogen) atoms. The Labute approximate surface area is 191 Å². The molecule has 2 heterocycles. The zero-order chi connectivity index (χ0) is 22.7. The van der Waals surface area contributed by atoms with Gasteiger partial charge in [-0.3, -0.25) is 9.69 Å². The van der Waals surface area contributed by atoms with Crippen LogP contribution in [0.3, 0.4) is 0 Å². The molecule has 0 aliphatic rings. The van der Waals surface area contributed by atoms with Crippen LogP contribution < -0.4 is 9.64 Å². The maximum absolute atomic E-state index is 13.7. The minimum Gasteiger partial charge on any atom is -0.492 e. The van der Waals surface area contributed by atoms with Crippen molar-refractivity contribution in [3.8, 4) is 11.4 Å². The Morgan fingerprint density at radius 3 is 2.59 bits per heavy atom. The Morgan fingerprint density at radius 1 is 1.09 bits per heavy atom. The van der Waals surface area contributed by atoms with Gasteiger partial charge in [0.2, 0.25) is 0 Å². The second kappa shape index (κ2) is 9.50. The summed E-state index contributed by atoms with van der Waals surface area (Å²) in [6, 6.07) is 15.7. The molecule has 166 valence electrons. The molecule has 0 aliphatic heterocycles. The summed E-state index contributed by atoms with van der Waals surface area (Å²) in [6.45, 7) is 5.67. The van der Waals surface area contributed by atoms with E-state index in [4.69, 9.17) is 9.72 Å². The van der Waals surface area contributed by atoms with Crippen molar-refractivity contribution >= 4 is 32.6 Å². The van der Waals surface area contributed by atoms with Gasteiger partial charge in [0, 0.05) is 13.1 Å². The first kappa shape index (κ1) is 22.0. The van der Waals surface area contributed by atoms with Gasteiger partial charge in [-0.25, -0.2) is 9.67 Å². The average molecular weight is 450 g/mol. The van der Waals surface area contributed by atoms with E-state index in [0.717, 1.165) is 27.3 Å². The lowest BCUT2D eigenvalue weighted by atomic mass is 10.2. The van der Waals surface area contributed by atoms with Gasteiger partial charge in [0.25, 0.3) is 5.91 Å². The normalized spacial score (nSPS) is 11.3. The summed E-state index contributed by atoms with van der Waals surface area (Å²) < 4.78 is 8.53. The van der Waals surface area contributed by atoms with Crippen LogP contribution in [0.2, 0.25) is 0 Å². The molecule has 0 spiro atoms. The maximum atomic E-state index is 13.7. The largest absolute Gasteiger partial charge is 0.492 e. The number of rotatable bonds is 8. The molecule has 0 bridgehead atoms. The van der Waals surface area contributed by atoms with Crippen LogP contribution in [0.1, 0.15) is 23.0 Å². The number of carbonyl (C=O) groups is 1. The lowest BCUT2D eigenvalue weighted by molar-refractivity contribution is 0.0984. The summed E-state index contributed by atoms with van der Waals surface area (Å²) >= 11 is 1.50.